The summed E-state index contributed by atoms with van der Waals surface area (Å²) in [6.07, 6.45) is 2.32. The predicted molar refractivity (Wildman–Crippen MR) is 63.6 cm³/mol. The van der Waals surface area contributed by atoms with Crippen LogP contribution in [0.4, 0.5) is 10.1 Å². The smallest absolute Gasteiger partial charge is 0.125 e. The highest BCUT2D eigenvalue weighted by Crippen LogP contribution is 2.14. The molecule has 1 nitrogen and oxygen atoms in total. The zero-order chi connectivity index (χ0) is 11.3. The van der Waals surface area contributed by atoms with Gasteiger partial charge in [-0.05, 0) is 43.9 Å². The average molecular weight is 209 g/mol. The minimum Gasteiger partial charge on any atom is -0.383 e. The molecule has 1 atom stereocenters. The SMILES string of the molecule is CC(C)CCC(C)Nc1cccc(F)c1. The summed E-state index contributed by atoms with van der Waals surface area (Å²) in [6.45, 7) is 6.57. The number of benzene rings is 1. The molecular weight excluding hydrogens is 189 g/mol. The molecule has 15 heavy (non-hydrogen) atoms. The molecule has 0 aromatic heterocycles. The van der Waals surface area contributed by atoms with E-state index < -0.39 is 0 Å². The minimum absolute atomic E-state index is 0.184. The van der Waals surface area contributed by atoms with Crippen molar-refractivity contribution in [3.8, 4) is 0 Å². The van der Waals surface area contributed by atoms with E-state index in [1.807, 2.05) is 6.07 Å². The minimum atomic E-state index is -0.184. The first-order chi connectivity index (χ1) is 7.08. The van der Waals surface area contributed by atoms with Crippen LogP contribution in [0.2, 0.25) is 0 Å². The molecular formula is C13H20FN. The molecule has 0 aliphatic rings. The van der Waals surface area contributed by atoms with Crippen molar-refractivity contribution in [3.63, 3.8) is 0 Å². The van der Waals surface area contributed by atoms with E-state index in [0.717, 1.165) is 18.0 Å². The second-order valence-corrected chi connectivity index (χ2v) is 4.53. The summed E-state index contributed by atoms with van der Waals surface area (Å²) in [5.41, 5.74) is 0.867. The van der Waals surface area contributed by atoms with Gasteiger partial charge in [0.1, 0.15) is 5.82 Å². The van der Waals surface area contributed by atoms with Crippen LogP contribution in [-0.2, 0) is 0 Å². The van der Waals surface area contributed by atoms with Gasteiger partial charge >= 0.3 is 0 Å². The lowest BCUT2D eigenvalue weighted by Crippen LogP contribution is -2.15. The summed E-state index contributed by atoms with van der Waals surface area (Å²) < 4.78 is 12.9. The largest absolute Gasteiger partial charge is 0.383 e. The molecule has 1 rings (SSSR count). The quantitative estimate of drug-likeness (QED) is 0.771. The van der Waals surface area contributed by atoms with E-state index in [2.05, 4.69) is 26.1 Å². The van der Waals surface area contributed by atoms with Gasteiger partial charge in [-0.15, -0.1) is 0 Å². The van der Waals surface area contributed by atoms with Crippen LogP contribution < -0.4 is 5.32 Å². The second kappa shape index (κ2) is 5.74. The van der Waals surface area contributed by atoms with Gasteiger partial charge in [0.05, 0.1) is 0 Å². The Morgan fingerprint density at radius 3 is 2.53 bits per heavy atom. The Morgan fingerprint density at radius 1 is 1.20 bits per heavy atom. The van der Waals surface area contributed by atoms with Gasteiger partial charge < -0.3 is 5.32 Å². The molecule has 1 aromatic carbocycles. The molecule has 0 bridgehead atoms. The maximum absolute atomic E-state index is 12.9. The van der Waals surface area contributed by atoms with Crippen LogP contribution in [0.5, 0.6) is 0 Å². The van der Waals surface area contributed by atoms with Crippen molar-refractivity contribution < 1.29 is 4.39 Å². The molecule has 0 saturated heterocycles. The third-order valence-electron chi connectivity index (χ3n) is 2.41. The standard InChI is InChI=1S/C13H20FN/c1-10(2)7-8-11(3)15-13-6-4-5-12(14)9-13/h4-6,9-11,15H,7-8H2,1-3H3. The summed E-state index contributed by atoms with van der Waals surface area (Å²) in [5, 5.41) is 3.30. The predicted octanol–water partition coefficient (Wildman–Crippen LogP) is 4.06. The van der Waals surface area contributed by atoms with Crippen LogP contribution in [0.15, 0.2) is 24.3 Å². The summed E-state index contributed by atoms with van der Waals surface area (Å²) in [4.78, 5) is 0. The van der Waals surface area contributed by atoms with Crippen molar-refractivity contribution >= 4 is 5.69 Å². The number of hydrogen-bond acceptors (Lipinski definition) is 1. The van der Waals surface area contributed by atoms with E-state index in [4.69, 9.17) is 0 Å². The van der Waals surface area contributed by atoms with Crippen molar-refractivity contribution in [2.75, 3.05) is 5.32 Å². The Bertz CT molecular complexity index is 296. The number of halogens is 1. The van der Waals surface area contributed by atoms with Gasteiger partial charge in [0.2, 0.25) is 0 Å². The first kappa shape index (κ1) is 12.0. The van der Waals surface area contributed by atoms with Gasteiger partial charge in [-0.1, -0.05) is 19.9 Å². The summed E-state index contributed by atoms with van der Waals surface area (Å²) in [5.74, 6) is 0.540. The van der Waals surface area contributed by atoms with Crippen LogP contribution in [0.25, 0.3) is 0 Å². The van der Waals surface area contributed by atoms with Crippen LogP contribution in [0.1, 0.15) is 33.6 Å². The fourth-order valence-electron chi connectivity index (χ4n) is 1.52. The van der Waals surface area contributed by atoms with E-state index in [9.17, 15) is 4.39 Å². The highest BCUT2D eigenvalue weighted by molar-refractivity contribution is 5.43. The second-order valence-electron chi connectivity index (χ2n) is 4.53. The molecule has 0 spiro atoms. The lowest BCUT2D eigenvalue weighted by molar-refractivity contribution is 0.527. The molecule has 0 radical (unpaired) electrons. The first-order valence-corrected chi connectivity index (χ1v) is 5.60. The summed E-state index contributed by atoms with van der Waals surface area (Å²) in [6, 6.07) is 7.02. The number of nitrogens with one attached hydrogen (secondary N) is 1. The number of anilines is 1. The Balaban J connectivity index is 2.40. The summed E-state index contributed by atoms with van der Waals surface area (Å²) in [7, 11) is 0. The highest BCUT2D eigenvalue weighted by Gasteiger charge is 2.03. The van der Waals surface area contributed by atoms with E-state index in [1.165, 1.54) is 18.6 Å². The molecule has 0 aliphatic heterocycles. The van der Waals surface area contributed by atoms with Crippen molar-refractivity contribution in [1.82, 2.24) is 0 Å². The van der Waals surface area contributed by atoms with Gasteiger partial charge in [0, 0.05) is 11.7 Å². The molecule has 1 aromatic rings. The fraction of sp³-hybridized carbons (Fsp3) is 0.538. The maximum atomic E-state index is 12.9. The maximum Gasteiger partial charge on any atom is 0.125 e. The summed E-state index contributed by atoms with van der Waals surface area (Å²) >= 11 is 0. The molecule has 0 heterocycles. The highest BCUT2D eigenvalue weighted by atomic mass is 19.1. The van der Waals surface area contributed by atoms with Crippen molar-refractivity contribution in [1.29, 1.82) is 0 Å². The zero-order valence-electron chi connectivity index (χ0n) is 9.76. The molecule has 1 N–H and O–H groups in total. The molecule has 0 aliphatic carbocycles. The van der Waals surface area contributed by atoms with Gasteiger partial charge in [0.15, 0.2) is 0 Å². The number of rotatable bonds is 5. The van der Waals surface area contributed by atoms with Gasteiger partial charge in [0.25, 0.3) is 0 Å². The van der Waals surface area contributed by atoms with E-state index in [-0.39, 0.29) is 5.82 Å². The Labute approximate surface area is 91.7 Å². The van der Waals surface area contributed by atoms with Crippen molar-refractivity contribution in [2.45, 2.75) is 39.7 Å². The monoisotopic (exact) mass is 209 g/mol. The topological polar surface area (TPSA) is 12.0 Å². The van der Waals surface area contributed by atoms with Crippen LogP contribution in [0.3, 0.4) is 0 Å². The van der Waals surface area contributed by atoms with Gasteiger partial charge in [-0.3, -0.25) is 0 Å². The van der Waals surface area contributed by atoms with E-state index in [1.54, 1.807) is 6.07 Å². The van der Waals surface area contributed by atoms with Crippen LogP contribution >= 0.6 is 0 Å². The lowest BCUT2D eigenvalue weighted by atomic mass is 10.0. The molecule has 84 valence electrons. The normalized spacial score (nSPS) is 12.9. The Kier molecular flexibility index (Phi) is 4.60. The lowest BCUT2D eigenvalue weighted by Gasteiger charge is -2.16. The zero-order valence-corrected chi connectivity index (χ0v) is 9.76. The van der Waals surface area contributed by atoms with Crippen LogP contribution in [0, 0.1) is 11.7 Å². The van der Waals surface area contributed by atoms with E-state index in [0.29, 0.717) is 6.04 Å². The van der Waals surface area contributed by atoms with Gasteiger partial charge in [-0.2, -0.15) is 0 Å². The molecule has 1 unspecified atom stereocenters. The molecule has 0 saturated carbocycles. The third-order valence-corrected chi connectivity index (χ3v) is 2.41. The molecule has 2 heteroatoms. The number of hydrogen-bond donors (Lipinski definition) is 1. The van der Waals surface area contributed by atoms with Crippen molar-refractivity contribution in [2.24, 2.45) is 5.92 Å². The Morgan fingerprint density at radius 2 is 1.93 bits per heavy atom. The average Bonchev–Trinajstić information content (AvgIpc) is 2.15. The first-order valence-electron chi connectivity index (χ1n) is 5.60. The molecule has 0 fully saturated rings. The van der Waals surface area contributed by atoms with Crippen LogP contribution in [-0.4, -0.2) is 6.04 Å². The van der Waals surface area contributed by atoms with E-state index >= 15 is 0 Å². The molecule has 0 amide bonds. The third kappa shape index (κ3) is 4.82. The Hall–Kier alpha value is -1.05. The fourth-order valence-corrected chi connectivity index (χ4v) is 1.52. The van der Waals surface area contributed by atoms with Crippen molar-refractivity contribution in [3.05, 3.63) is 30.1 Å². The van der Waals surface area contributed by atoms with Gasteiger partial charge in [-0.25, -0.2) is 4.39 Å².